The van der Waals surface area contributed by atoms with Crippen molar-refractivity contribution >= 4 is 21.7 Å². The molecule has 0 bridgehead atoms. The van der Waals surface area contributed by atoms with Crippen LogP contribution in [0.15, 0.2) is 15.5 Å². The second-order valence-electron chi connectivity index (χ2n) is 1.45. The number of hydrogen-bond acceptors (Lipinski definition) is 3. The summed E-state index contributed by atoms with van der Waals surface area (Å²) in [5, 5.41) is 0. The average Bonchev–Trinajstić information content (AvgIpc) is 2.02. The molecule has 0 spiro atoms. The van der Waals surface area contributed by atoms with E-state index in [0.29, 0.717) is 10.3 Å². The zero-order valence-corrected chi connectivity index (χ0v) is 7.97. The third-order valence-corrected chi connectivity index (χ3v) is 1.43. The first kappa shape index (κ1) is 10.2. The van der Waals surface area contributed by atoms with E-state index in [1.165, 1.54) is 6.20 Å². The summed E-state index contributed by atoms with van der Waals surface area (Å²) in [4.78, 5) is 16.1. The van der Waals surface area contributed by atoms with E-state index in [1.54, 1.807) is 0 Å². The highest BCUT2D eigenvalue weighted by Crippen LogP contribution is 2.10. The van der Waals surface area contributed by atoms with Crippen LogP contribution < -0.4 is 11.4 Å². The molecule has 0 aliphatic rings. The van der Waals surface area contributed by atoms with Gasteiger partial charge in [0.1, 0.15) is 5.82 Å². The van der Waals surface area contributed by atoms with Gasteiger partial charge in [0.15, 0.2) is 0 Å². The molecule has 0 saturated carbocycles. The molecule has 0 radical (unpaired) electrons. The third-order valence-electron chi connectivity index (χ3n) is 0.794. The van der Waals surface area contributed by atoms with E-state index >= 15 is 0 Å². The topological polar surface area (TPSA) is 71.8 Å². The van der Waals surface area contributed by atoms with Gasteiger partial charge in [0.25, 0.3) is 0 Å². The van der Waals surface area contributed by atoms with E-state index in [9.17, 15) is 4.79 Å². The van der Waals surface area contributed by atoms with Gasteiger partial charge in [0.2, 0.25) is 0 Å². The van der Waals surface area contributed by atoms with Crippen LogP contribution in [-0.4, -0.2) is 9.97 Å². The maximum absolute atomic E-state index is 10.4. The van der Waals surface area contributed by atoms with Gasteiger partial charge in [-0.15, -0.1) is 0 Å². The predicted octanol–water partition coefficient (Wildman–Crippen LogP) is 1.14. The molecule has 0 unspecified atom stereocenters. The van der Waals surface area contributed by atoms with E-state index in [0.717, 1.165) is 0 Å². The minimum absolute atomic E-state index is 0.301. The number of rotatable bonds is 0. The Bertz CT molecular complexity index is 271. The minimum atomic E-state index is -0.435. The van der Waals surface area contributed by atoms with Crippen LogP contribution in [0, 0.1) is 0 Å². The fourth-order valence-corrected chi connectivity index (χ4v) is 0.594. The summed E-state index contributed by atoms with van der Waals surface area (Å²) >= 11 is 3.07. The number of nitrogens with two attached hydrogens (primary N) is 1. The van der Waals surface area contributed by atoms with Crippen LogP contribution in [0.5, 0.6) is 0 Å². The van der Waals surface area contributed by atoms with Crippen molar-refractivity contribution in [2.75, 3.05) is 5.73 Å². The summed E-state index contributed by atoms with van der Waals surface area (Å²) in [6, 6.07) is 0. The summed E-state index contributed by atoms with van der Waals surface area (Å²) in [6.45, 7) is 4.00. The first-order valence-electron chi connectivity index (χ1n) is 3.20. The normalized spacial score (nSPS) is 8.27. The number of aromatic amines is 1. The molecule has 0 amide bonds. The van der Waals surface area contributed by atoms with Crippen molar-refractivity contribution in [3.8, 4) is 0 Å². The summed E-state index contributed by atoms with van der Waals surface area (Å²) in [5.41, 5.74) is 4.84. The molecule has 0 fully saturated rings. The maximum atomic E-state index is 10.4. The number of nitrogens with zero attached hydrogens (tertiary/aromatic N) is 1. The highest BCUT2D eigenvalue weighted by Gasteiger charge is 1.92. The van der Waals surface area contributed by atoms with E-state index in [1.807, 2.05) is 13.8 Å². The van der Waals surface area contributed by atoms with Crippen LogP contribution in [0.1, 0.15) is 13.8 Å². The van der Waals surface area contributed by atoms with Crippen molar-refractivity contribution in [1.82, 2.24) is 9.97 Å². The number of hydrogen-bond donors (Lipinski definition) is 2. The van der Waals surface area contributed by atoms with Crippen LogP contribution in [0.3, 0.4) is 0 Å². The molecule has 5 heteroatoms. The minimum Gasteiger partial charge on any atom is -0.384 e. The highest BCUT2D eigenvalue weighted by molar-refractivity contribution is 9.10. The molecule has 0 saturated heterocycles. The van der Waals surface area contributed by atoms with Gasteiger partial charge in [-0.1, -0.05) is 13.8 Å². The van der Waals surface area contributed by atoms with Gasteiger partial charge in [-0.25, -0.2) is 9.78 Å². The quantitative estimate of drug-likeness (QED) is 0.688. The number of anilines is 1. The maximum Gasteiger partial charge on any atom is 0.346 e. The number of H-pyrrole nitrogens is 1. The van der Waals surface area contributed by atoms with Crippen LogP contribution in [0.25, 0.3) is 0 Å². The monoisotopic (exact) mass is 219 g/mol. The van der Waals surface area contributed by atoms with E-state index in [4.69, 9.17) is 5.73 Å². The van der Waals surface area contributed by atoms with Crippen LogP contribution in [-0.2, 0) is 0 Å². The van der Waals surface area contributed by atoms with Crippen molar-refractivity contribution < 1.29 is 0 Å². The Morgan fingerprint density at radius 2 is 2.18 bits per heavy atom. The molecule has 0 aromatic carbocycles. The first-order valence-corrected chi connectivity index (χ1v) is 4.00. The Morgan fingerprint density at radius 1 is 1.64 bits per heavy atom. The Kier molecular flexibility index (Phi) is 4.52. The second-order valence-corrected chi connectivity index (χ2v) is 2.30. The fourth-order valence-electron chi connectivity index (χ4n) is 0.392. The summed E-state index contributed by atoms with van der Waals surface area (Å²) in [6.07, 6.45) is 1.36. The molecule has 4 nitrogen and oxygen atoms in total. The lowest BCUT2D eigenvalue weighted by Crippen LogP contribution is -2.11. The molecule has 62 valence electrons. The molecule has 3 N–H and O–H groups in total. The van der Waals surface area contributed by atoms with Crippen molar-refractivity contribution in [2.45, 2.75) is 13.8 Å². The smallest absolute Gasteiger partial charge is 0.346 e. The van der Waals surface area contributed by atoms with Gasteiger partial charge in [-0.3, -0.25) is 4.98 Å². The van der Waals surface area contributed by atoms with Crippen molar-refractivity contribution in [1.29, 1.82) is 0 Å². The van der Waals surface area contributed by atoms with Crippen molar-refractivity contribution in [3.63, 3.8) is 0 Å². The van der Waals surface area contributed by atoms with E-state index < -0.39 is 5.69 Å². The molecule has 1 rings (SSSR count). The highest BCUT2D eigenvalue weighted by atomic mass is 79.9. The summed E-state index contributed by atoms with van der Waals surface area (Å²) in [7, 11) is 0. The molecule has 1 aromatic heterocycles. The molecule has 0 atom stereocenters. The van der Waals surface area contributed by atoms with Gasteiger partial charge in [-0.2, -0.15) is 0 Å². The standard InChI is InChI=1S/C4H4BrN3O.C2H6/c5-2-1-7-4(9)8-3(2)6;1-2/h1H,(H3,6,7,8,9);1-2H3. The van der Waals surface area contributed by atoms with Crippen molar-refractivity contribution in [2.24, 2.45) is 0 Å². The molecular weight excluding hydrogens is 210 g/mol. The summed E-state index contributed by atoms with van der Waals surface area (Å²) < 4.78 is 0.599. The number of aromatic nitrogens is 2. The molecule has 1 heterocycles. The number of nitrogen functional groups attached to an aromatic ring is 1. The van der Waals surface area contributed by atoms with Crippen molar-refractivity contribution in [3.05, 3.63) is 21.2 Å². The van der Waals surface area contributed by atoms with Gasteiger partial charge in [0, 0.05) is 0 Å². The van der Waals surface area contributed by atoms with E-state index in [2.05, 4.69) is 25.9 Å². The Morgan fingerprint density at radius 3 is 2.55 bits per heavy atom. The number of nitrogens with one attached hydrogen (secondary N) is 1. The Balaban J connectivity index is 0.000000461. The summed E-state index contributed by atoms with van der Waals surface area (Å²) in [5.74, 6) is 0.301. The number of halogens is 1. The Labute approximate surface area is 73.0 Å². The molecule has 1 aromatic rings. The fraction of sp³-hybridized carbons (Fsp3) is 0.333. The van der Waals surface area contributed by atoms with E-state index in [-0.39, 0.29) is 0 Å². The zero-order chi connectivity index (χ0) is 8.85. The predicted molar refractivity (Wildman–Crippen MR) is 48.3 cm³/mol. The molecule has 0 aliphatic carbocycles. The second kappa shape index (κ2) is 4.90. The molecule has 11 heavy (non-hydrogen) atoms. The average molecular weight is 220 g/mol. The van der Waals surface area contributed by atoms with Gasteiger partial charge >= 0.3 is 5.69 Å². The van der Waals surface area contributed by atoms with Crippen LogP contribution in [0.2, 0.25) is 0 Å². The lowest BCUT2D eigenvalue weighted by atomic mass is 10.6. The van der Waals surface area contributed by atoms with Crippen LogP contribution >= 0.6 is 15.9 Å². The lowest BCUT2D eigenvalue weighted by Gasteiger charge is -1.91. The molecular formula is C6H10BrN3O. The first-order chi connectivity index (χ1) is 5.20. The Hall–Kier alpha value is -0.840. The zero-order valence-electron chi connectivity index (χ0n) is 6.39. The SMILES string of the molecule is CC.Nc1[nH]c(=O)ncc1Br. The largest absolute Gasteiger partial charge is 0.384 e. The van der Waals surface area contributed by atoms with Crippen LogP contribution in [0.4, 0.5) is 5.82 Å². The molecule has 0 aliphatic heterocycles. The third kappa shape index (κ3) is 3.18. The van der Waals surface area contributed by atoms with Gasteiger partial charge in [-0.05, 0) is 15.9 Å². The van der Waals surface area contributed by atoms with Gasteiger partial charge in [0.05, 0.1) is 10.7 Å². The van der Waals surface area contributed by atoms with Gasteiger partial charge < -0.3 is 5.73 Å². The lowest BCUT2D eigenvalue weighted by molar-refractivity contribution is 1.07.